The molecule has 34 heavy (non-hydrogen) atoms. The minimum atomic E-state index is -4.52. The number of piperidine rings is 1. The normalized spacial score (nSPS) is 17.3. The van der Waals surface area contributed by atoms with E-state index in [1.165, 1.54) is 6.07 Å². The van der Waals surface area contributed by atoms with Crippen LogP contribution in [-0.2, 0) is 17.4 Å². The number of hydrazine groups is 1. The third-order valence-electron chi connectivity index (χ3n) is 6.01. The molecule has 1 atom stereocenters. The number of hydrogen-bond acceptors (Lipinski definition) is 5. The number of halogens is 3. The Kier molecular flexibility index (Phi) is 8.03. The van der Waals surface area contributed by atoms with Crippen molar-refractivity contribution in [2.45, 2.75) is 57.7 Å². The first-order chi connectivity index (χ1) is 16.1. The van der Waals surface area contributed by atoms with Crippen LogP contribution in [0.5, 0.6) is 0 Å². The van der Waals surface area contributed by atoms with E-state index in [1.54, 1.807) is 11.0 Å². The molecule has 0 spiro atoms. The molecule has 3 rings (SSSR count). The Bertz CT molecular complexity index is 1020. The predicted molar refractivity (Wildman–Crippen MR) is 128 cm³/mol. The number of alkyl halides is 3. The maximum Gasteiger partial charge on any atom is 0.418 e. The lowest BCUT2D eigenvalue weighted by Crippen LogP contribution is -2.48. The molecule has 0 bridgehead atoms. The minimum Gasteiger partial charge on any atom is -0.373 e. The van der Waals surface area contributed by atoms with Crippen molar-refractivity contribution in [3.63, 3.8) is 0 Å². The van der Waals surface area contributed by atoms with Crippen molar-refractivity contribution in [3.8, 4) is 0 Å². The van der Waals surface area contributed by atoms with Crippen LogP contribution in [0.1, 0.15) is 55.7 Å². The highest BCUT2D eigenvalue weighted by Crippen LogP contribution is 2.37. The third-order valence-corrected chi connectivity index (χ3v) is 6.01. The van der Waals surface area contributed by atoms with Crippen molar-refractivity contribution in [2.24, 2.45) is 16.8 Å². The van der Waals surface area contributed by atoms with Gasteiger partial charge in [0.05, 0.1) is 5.56 Å². The SMILES string of the molecule is CC(C)c1ccc(NC2CCCN(c3ccc(CC/C(=N/N)NN)cc3)C2=O)c(C(F)(F)F)c1. The molecule has 2 aromatic carbocycles. The molecule has 1 unspecified atom stereocenters. The topological polar surface area (TPSA) is 109 Å². The van der Waals surface area contributed by atoms with Gasteiger partial charge >= 0.3 is 6.18 Å². The van der Waals surface area contributed by atoms with E-state index in [2.05, 4.69) is 15.8 Å². The first-order valence-electron chi connectivity index (χ1n) is 11.3. The first kappa shape index (κ1) is 25.4. The fourth-order valence-corrected chi connectivity index (χ4v) is 4.01. The number of amidine groups is 1. The summed E-state index contributed by atoms with van der Waals surface area (Å²) in [5.41, 5.74) is 3.93. The van der Waals surface area contributed by atoms with Crippen LogP contribution in [-0.4, -0.2) is 24.3 Å². The molecule has 7 nitrogen and oxygen atoms in total. The number of rotatable bonds is 7. The van der Waals surface area contributed by atoms with Crippen LogP contribution < -0.4 is 27.3 Å². The molecule has 184 valence electrons. The molecule has 1 amide bonds. The highest BCUT2D eigenvalue weighted by atomic mass is 19.4. The molecule has 1 heterocycles. The van der Waals surface area contributed by atoms with E-state index in [1.807, 2.05) is 38.1 Å². The Labute approximate surface area is 197 Å². The molecular weight excluding hydrogens is 445 g/mol. The molecule has 1 fully saturated rings. The summed E-state index contributed by atoms with van der Waals surface area (Å²) >= 11 is 0. The van der Waals surface area contributed by atoms with E-state index in [4.69, 9.17) is 11.7 Å². The van der Waals surface area contributed by atoms with Crippen LogP contribution in [0.3, 0.4) is 0 Å². The van der Waals surface area contributed by atoms with Crippen LogP contribution in [0, 0.1) is 0 Å². The molecule has 0 aromatic heterocycles. The summed E-state index contributed by atoms with van der Waals surface area (Å²) in [5, 5.41) is 6.42. The molecule has 2 aromatic rings. The number of aryl methyl sites for hydroxylation is 1. The molecule has 1 aliphatic rings. The predicted octanol–water partition coefficient (Wildman–Crippen LogP) is 4.10. The fraction of sp³-hybridized carbons (Fsp3) is 0.417. The van der Waals surface area contributed by atoms with E-state index >= 15 is 0 Å². The van der Waals surface area contributed by atoms with Crippen molar-refractivity contribution in [2.75, 3.05) is 16.8 Å². The second kappa shape index (κ2) is 10.8. The maximum absolute atomic E-state index is 13.7. The minimum absolute atomic E-state index is 0.0364. The summed E-state index contributed by atoms with van der Waals surface area (Å²) in [6.07, 6.45) is -2.18. The number of nitrogens with zero attached hydrogens (tertiary/aromatic N) is 2. The Morgan fingerprint density at radius 1 is 1.21 bits per heavy atom. The summed E-state index contributed by atoms with van der Waals surface area (Å²) in [6.45, 7) is 4.20. The summed E-state index contributed by atoms with van der Waals surface area (Å²) in [5.74, 6) is 10.8. The number of amides is 1. The van der Waals surface area contributed by atoms with E-state index in [-0.39, 0.29) is 17.5 Å². The summed E-state index contributed by atoms with van der Waals surface area (Å²) in [6, 6.07) is 11.0. The average molecular weight is 477 g/mol. The number of hydrazone groups is 1. The van der Waals surface area contributed by atoms with Gasteiger partial charge in [0.2, 0.25) is 5.91 Å². The van der Waals surface area contributed by atoms with Crippen molar-refractivity contribution in [1.82, 2.24) is 5.43 Å². The Morgan fingerprint density at radius 2 is 1.91 bits per heavy atom. The molecule has 1 aliphatic heterocycles. The quantitative estimate of drug-likeness (QED) is 0.208. The maximum atomic E-state index is 13.7. The number of anilines is 2. The van der Waals surface area contributed by atoms with Crippen molar-refractivity contribution < 1.29 is 18.0 Å². The van der Waals surface area contributed by atoms with Gasteiger partial charge < -0.3 is 21.5 Å². The van der Waals surface area contributed by atoms with Crippen molar-refractivity contribution in [1.29, 1.82) is 0 Å². The second-order valence-electron chi connectivity index (χ2n) is 8.67. The van der Waals surface area contributed by atoms with Crippen LogP contribution in [0.4, 0.5) is 24.5 Å². The highest BCUT2D eigenvalue weighted by molar-refractivity contribution is 5.99. The Morgan fingerprint density at radius 3 is 2.50 bits per heavy atom. The van der Waals surface area contributed by atoms with E-state index in [0.29, 0.717) is 49.3 Å². The number of carbonyl (C=O) groups excluding carboxylic acids is 1. The second-order valence-corrected chi connectivity index (χ2v) is 8.67. The van der Waals surface area contributed by atoms with Gasteiger partial charge in [-0.1, -0.05) is 32.0 Å². The molecular formula is C24H31F3N6O. The summed E-state index contributed by atoms with van der Waals surface area (Å²) in [4.78, 5) is 14.8. The van der Waals surface area contributed by atoms with Crippen LogP contribution in [0.15, 0.2) is 47.6 Å². The van der Waals surface area contributed by atoms with Gasteiger partial charge in [0.1, 0.15) is 11.9 Å². The van der Waals surface area contributed by atoms with Gasteiger partial charge in [-0.05, 0) is 60.6 Å². The molecule has 0 saturated carbocycles. The zero-order valence-electron chi connectivity index (χ0n) is 19.3. The van der Waals surface area contributed by atoms with Gasteiger partial charge in [-0.15, -0.1) is 0 Å². The number of benzene rings is 2. The average Bonchev–Trinajstić information content (AvgIpc) is 2.81. The molecule has 1 saturated heterocycles. The summed E-state index contributed by atoms with van der Waals surface area (Å²) in [7, 11) is 0. The largest absolute Gasteiger partial charge is 0.418 e. The monoisotopic (exact) mass is 476 g/mol. The standard InChI is InChI=1S/C24H31F3N6O/c1-15(2)17-8-11-20(19(14-17)24(25,26)27)30-21-4-3-13-33(23(21)34)18-9-5-16(6-10-18)7-12-22(31-28)32-29/h5-6,8-11,14-15,21,30H,3-4,7,12-13,28-29H2,1-2H3,(H,31,32). The Hall–Kier alpha value is -3.27. The van der Waals surface area contributed by atoms with Gasteiger partial charge in [0.25, 0.3) is 0 Å². The first-order valence-corrected chi connectivity index (χ1v) is 11.3. The van der Waals surface area contributed by atoms with E-state index < -0.39 is 17.8 Å². The number of nitrogens with two attached hydrogens (primary N) is 2. The zero-order valence-corrected chi connectivity index (χ0v) is 19.3. The molecule has 6 N–H and O–H groups in total. The van der Waals surface area contributed by atoms with E-state index in [0.717, 1.165) is 11.6 Å². The van der Waals surface area contributed by atoms with Crippen molar-refractivity contribution >= 4 is 23.1 Å². The number of nitrogens with one attached hydrogen (secondary N) is 2. The van der Waals surface area contributed by atoms with Crippen molar-refractivity contribution in [3.05, 3.63) is 59.2 Å². The lowest BCUT2D eigenvalue weighted by atomic mass is 9.98. The lowest BCUT2D eigenvalue weighted by molar-refractivity contribution is -0.137. The molecule has 0 aliphatic carbocycles. The van der Waals surface area contributed by atoms with Crippen LogP contribution in [0.2, 0.25) is 0 Å². The van der Waals surface area contributed by atoms with E-state index in [9.17, 15) is 18.0 Å². The summed E-state index contributed by atoms with van der Waals surface area (Å²) < 4.78 is 41.2. The van der Waals surface area contributed by atoms with Crippen LogP contribution >= 0.6 is 0 Å². The van der Waals surface area contributed by atoms with Crippen LogP contribution in [0.25, 0.3) is 0 Å². The Balaban J connectivity index is 1.74. The number of hydrogen-bond donors (Lipinski definition) is 4. The lowest BCUT2D eigenvalue weighted by Gasteiger charge is -2.34. The molecule has 10 heteroatoms. The van der Waals surface area contributed by atoms with Gasteiger partial charge in [0, 0.05) is 24.3 Å². The van der Waals surface area contributed by atoms with Gasteiger partial charge in [-0.2, -0.15) is 18.3 Å². The van der Waals surface area contributed by atoms with Gasteiger partial charge in [0.15, 0.2) is 0 Å². The highest BCUT2D eigenvalue weighted by Gasteiger charge is 2.36. The smallest absolute Gasteiger partial charge is 0.373 e. The fourth-order valence-electron chi connectivity index (χ4n) is 4.01. The van der Waals surface area contributed by atoms with Gasteiger partial charge in [-0.3, -0.25) is 4.79 Å². The zero-order chi connectivity index (χ0) is 24.9. The third kappa shape index (κ3) is 5.99. The van der Waals surface area contributed by atoms with Gasteiger partial charge in [-0.25, -0.2) is 5.84 Å². The number of carbonyl (C=O) groups is 1. The molecule has 0 radical (unpaired) electrons.